The predicted molar refractivity (Wildman–Crippen MR) is 127 cm³/mol. The molecule has 1 heterocycles. The van der Waals surface area contributed by atoms with Gasteiger partial charge in [-0.15, -0.1) is 0 Å². The summed E-state index contributed by atoms with van der Waals surface area (Å²) >= 11 is 6.85. The zero-order chi connectivity index (χ0) is 20.6. The summed E-state index contributed by atoms with van der Waals surface area (Å²) in [7, 11) is 0. The summed E-state index contributed by atoms with van der Waals surface area (Å²) in [6, 6.07) is 13.5. The molecule has 7 heteroatoms. The standard InChI is InChI=1S/C22H25BrN2O2S2/c1-3-4-5-12-27-18-8-6-7-16(14-18)21(26)24-22-25(11-13-28-2)19-10-9-17(23)15-20(19)29-22/h6-10,14-15H,3-5,11-13H2,1-2H3. The number of benzene rings is 2. The van der Waals surface area contributed by atoms with E-state index < -0.39 is 0 Å². The Morgan fingerprint density at radius 1 is 1.24 bits per heavy atom. The van der Waals surface area contributed by atoms with Crippen molar-refractivity contribution in [2.75, 3.05) is 18.6 Å². The van der Waals surface area contributed by atoms with Crippen molar-refractivity contribution in [2.24, 2.45) is 4.99 Å². The van der Waals surface area contributed by atoms with Crippen LogP contribution in [0.5, 0.6) is 5.75 Å². The first-order valence-corrected chi connectivity index (χ1v) is 12.7. The lowest BCUT2D eigenvalue weighted by atomic mass is 10.2. The minimum Gasteiger partial charge on any atom is -0.494 e. The number of thiazole rings is 1. The number of aromatic nitrogens is 1. The van der Waals surface area contributed by atoms with Crippen LogP contribution in [0.25, 0.3) is 10.2 Å². The Bertz CT molecular complexity index is 1040. The SMILES string of the molecule is CCCCCOc1cccc(C(=O)N=c2sc3cc(Br)ccc3n2CCSC)c1. The molecule has 0 saturated heterocycles. The lowest BCUT2D eigenvalue weighted by Crippen LogP contribution is -2.18. The molecule has 29 heavy (non-hydrogen) atoms. The van der Waals surface area contributed by atoms with Gasteiger partial charge in [-0.25, -0.2) is 0 Å². The maximum absolute atomic E-state index is 12.9. The third-order valence-corrected chi connectivity index (χ3v) is 6.58. The zero-order valence-corrected chi connectivity index (χ0v) is 19.9. The van der Waals surface area contributed by atoms with Crippen LogP contribution in [0.2, 0.25) is 0 Å². The molecule has 1 amide bonds. The summed E-state index contributed by atoms with van der Waals surface area (Å²) in [5, 5.41) is 0. The Balaban J connectivity index is 1.89. The number of rotatable bonds is 9. The monoisotopic (exact) mass is 492 g/mol. The highest BCUT2D eigenvalue weighted by atomic mass is 79.9. The first kappa shape index (κ1) is 22.1. The molecule has 0 aliphatic heterocycles. The molecule has 4 nitrogen and oxygen atoms in total. The second kappa shape index (κ2) is 11.0. The van der Waals surface area contributed by atoms with Crippen molar-refractivity contribution < 1.29 is 9.53 Å². The van der Waals surface area contributed by atoms with E-state index in [2.05, 4.69) is 50.8 Å². The average molecular weight is 493 g/mol. The van der Waals surface area contributed by atoms with Crippen molar-refractivity contribution >= 4 is 55.2 Å². The van der Waals surface area contributed by atoms with Crippen molar-refractivity contribution in [3.05, 3.63) is 57.3 Å². The molecule has 0 unspecified atom stereocenters. The van der Waals surface area contributed by atoms with Crippen LogP contribution in [0.3, 0.4) is 0 Å². The first-order valence-electron chi connectivity index (χ1n) is 9.72. The number of unbranched alkanes of at least 4 members (excludes halogenated alkanes) is 2. The highest BCUT2D eigenvalue weighted by Crippen LogP contribution is 2.23. The van der Waals surface area contributed by atoms with E-state index in [1.54, 1.807) is 23.9 Å². The van der Waals surface area contributed by atoms with Crippen molar-refractivity contribution in [1.29, 1.82) is 0 Å². The molecule has 2 aromatic carbocycles. The fourth-order valence-corrected chi connectivity index (χ4v) is 4.91. The molecule has 0 saturated carbocycles. The molecule has 3 rings (SSSR count). The second-order valence-corrected chi connectivity index (χ2v) is 9.55. The molecular weight excluding hydrogens is 468 g/mol. The number of hydrogen-bond donors (Lipinski definition) is 0. The summed E-state index contributed by atoms with van der Waals surface area (Å²) in [6.07, 6.45) is 5.40. The van der Waals surface area contributed by atoms with Gasteiger partial charge in [-0.1, -0.05) is 53.1 Å². The van der Waals surface area contributed by atoms with Gasteiger partial charge in [-0.3, -0.25) is 4.79 Å². The highest BCUT2D eigenvalue weighted by molar-refractivity contribution is 9.10. The summed E-state index contributed by atoms with van der Waals surface area (Å²) in [5.41, 5.74) is 1.65. The van der Waals surface area contributed by atoms with Crippen LogP contribution in [0.1, 0.15) is 36.5 Å². The Morgan fingerprint density at radius 2 is 2.10 bits per heavy atom. The summed E-state index contributed by atoms with van der Waals surface area (Å²) in [6.45, 7) is 3.65. The molecule has 0 radical (unpaired) electrons. The fraction of sp³-hybridized carbons (Fsp3) is 0.364. The van der Waals surface area contributed by atoms with E-state index in [9.17, 15) is 4.79 Å². The van der Waals surface area contributed by atoms with Gasteiger partial charge in [-0.05, 0) is 49.1 Å². The molecule has 0 bridgehead atoms. The van der Waals surface area contributed by atoms with Crippen LogP contribution in [-0.2, 0) is 6.54 Å². The number of nitrogens with zero attached hydrogens (tertiary/aromatic N) is 2. The average Bonchev–Trinajstić information content (AvgIpc) is 3.05. The summed E-state index contributed by atoms with van der Waals surface area (Å²) in [4.78, 5) is 18.1. The van der Waals surface area contributed by atoms with Gasteiger partial charge in [0.1, 0.15) is 5.75 Å². The number of carbonyl (C=O) groups is 1. The van der Waals surface area contributed by atoms with Crippen LogP contribution < -0.4 is 9.54 Å². The van der Waals surface area contributed by atoms with Gasteiger partial charge in [0.05, 0.1) is 16.8 Å². The minimum absolute atomic E-state index is 0.243. The van der Waals surface area contributed by atoms with Crippen molar-refractivity contribution in [3.63, 3.8) is 0 Å². The van der Waals surface area contributed by atoms with E-state index in [0.717, 1.165) is 56.8 Å². The third-order valence-electron chi connectivity index (χ3n) is 4.46. The number of amides is 1. The Kier molecular flexibility index (Phi) is 8.39. The van der Waals surface area contributed by atoms with E-state index in [1.807, 2.05) is 18.2 Å². The van der Waals surface area contributed by atoms with Gasteiger partial charge in [0.2, 0.25) is 0 Å². The van der Waals surface area contributed by atoms with Gasteiger partial charge in [-0.2, -0.15) is 16.8 Å². The normalized spacial score (nSPS) is 11.9. The quantitative estimate of drug-likeness (QED) is 0.337. The number of hydrogen-bond acceptors (Lipinski definition) is 4. The molecule has 0 aliphatic carbocycles. The molecule has 0 fully saturated rings. The van der Waals surface area contributed by atoms with Crippen LogP contribution in [0.4, 0.5) is 0 Å². The number of carbonyl (C=O) groups excluding carboxylic acids is 1. The molecule has 154 valence electrons. The Hall–Kier alpha value is -1.57. The van der Waals surface area contributed by atoms with E-state index in [1.165, 1.54) is 11.3 Å². The molecular formula is C22H25BrN2O2S2. The maximum Gasteiger partial charge on any atom is 0.279 e. The second-order valence-electron chi connectivity index (χ2n) is 6.64. The number of thioether (sulfide) groups is 1. The lowest BCUT2D eigenvalue weighted by Gasteiger charge is -2.06. The number of ether oxygens (including phenoxy) is 1. The smallest absolute Gasteiger partial charge is 0.279 e. The van der Waals surface area contributed by atoms with E-state index >= 15 is 0 Å². The fourth-order valence-electron chi connectivity index (χ4n) is 2.94. The summed E-state index contributed by atoms with van der Waals surface area (Å²) in [5.74, 6) is 1.44. The van der Waals surface area contributed by atoms with E-state index in [0.29, 0.717) is 12.2 Å². The molecule has 1 aromatic heterocycles. The molecule has 3 aromatic rings. The summed E-state index contributed by atoms with van der Waals surface area (Å²) < 4.78 is 10.0. The van der Waals surface area contributed by atoms with Crippen LogP contribution in [-0.4, -0.2) is 29.1 Å². The van der Waals surface area contributed by atoms with Gasteiger partial charge in [0, 0.05) is 22.3 Å². The zero-order valence-electron chi connectivity index (χ0n) is 16.7. The van der Waals surface area contributed by atoms with Gasteiger partial charge in [0.15, 0.2) is 4.80 Å². The minimum atomic E-state index is -0.243. The van der Waals surface area contributed by atoms with Crippen molar-refractivity contribution in [2.45, 2.75) is 32.7 Å². The van der Waals surface area contributed by atoms with E-state index in [-0.39, 0.29) is 5.91 Å². The van der Waals surface area contributed by atoms with Crippen molar-refractivity contribution in [3.8, 4) is 5.75 Å². The molecule has 0 spiro atoms. The first-order chi connectivity index (χ1) is 14.1. The predicted octanol–water partition coefficient (Wildman–Crippen LogP) is 6.14. The van der Waals surface area contributed by atoms with Crippen LogP contribution in [0, 0.1) is 0 Å². The Labute approximate surface area is 188 Å². The van der Waals surface area contributed by atoms with E-state index in [4.69, 9.17) is 4.74 Å². The lowest BCUT2D eigenvalue weighted by molar-refractivity contribution is 0.0997. The van der Waals surface area contributed by atoms with Crippen LogP contribution >= 0.6 is 39.0 Å². The molecule has 0 aliphatic rings. The topological polar surface area (TPSA) is 43.6 Å². The third kappa shape index (κ3) is 5.96. The Morgan fingerprint density at radius 3 is 2.90 bits per heavy atom. The maximum atomic E-state index is 12.9. The van der Waals surface area contributed by atoms with Gasteiger partial charge < -0.3 is 9.30 Å². The number of halogens is 1. The van der Waals surface area contributed by atoms with Crippen LogP contribution in [0.15, 0.2) is 51.9 Å². The van der Waals surface area contributed by atoms with Gasteiger partial charge in [0.25, 0.3) is 5.91 Å². The number of aryl methyl sites for hydroxylation is 1. The van der Waals surface area contributed by atoms with Crippen molar-refractivity contribution in [1.82, 2.24) is 4.57 Å². The van der Waals surface area contributed by atoms with Gasteiger partial charge >= 0.3 is 0 Å². The largest absolute Gasteiger partial charge is 0.494 e. The number of fused-ring (bicyclic) bond motifs is 1. The molecule has 0 atom stereocenters. The molecule has 0 N–H and O–H groups in total. The highest BCUT2D eigenvalue weighted by Gasteiger charge is 2.10.